The third-order valence-electron chi connectivity index (χ3n) is 5.26. The first-order chi connectivity index (χ1) is 9.92. The molecular formula is C17H30N3+3. The molecule has 20 heavy (non-hydrogen) atoms. The zero-order valence-corrected chi connectivity index (χ0v) is 12.7. The monoisotopic (exact) mass is 276 g/mol. The molecule has 1 aromatic rings. The van der Waals surface area contributed by atoms with Gasteiger partial charge in [0.05, 0.1) is 11.6 Å². The van der Waals surface area contributed by atoms with Crippen LogP contribution < -0.4 is 14.8 Å². The van der Waals surface area contributed by atoms with E-state index in [4.69, 9.17) is 0 Å². The molecule has 0 radical (unpaired) electrons. The Morgan fingerprint density at radius 1 is 1.00 bits per heavy atom. The van der Waals surface area contributed by atoms with Crippen molar-refractivity contribution in [2.24, 2.45) is 0 Å². The van der Waals surface area contributed by atoms with E-state index in [0.717, 1.165) is 6.04 Å². The van der Waals surface area contributed by atoms with E-state index < -0.39 is 0 Å². The number of hydrogen-bond acceptors (Lipinski definition) is 0. The van der Waals surface area contributed by atoms with Crippen LogP contribution in [-0.4, -0.2) is 32.2 Å². The molecule has 3 rings (SSSR count). The van der Waals surface area contributed by atoms with Gasteiger partial charge in [0.15, 0.2) is 12.4 Å². The van der Waals surface area contributed by atoms with Crippen LogP contribution in [0.15, 0.2) is 24.5 Å². The van der Waals surface area contributed by atoms with Crippen molar-refractivity contribution >= 4 is 0 Å². The van der Waals surface area contributed by atoms with E-state index in [9.17, 15) is 0 Å². The number of piperazine rings is 1. The molecule has 110 valence electrons. The lowest BCUT2D eigenvalue weighted by Gasteiger charge is -2.34. The zero-order chi connectivity index (χ0) is 13.6. The average Bonchev–Trinajstić information content (AvgIpc) is 2.78. The van der Waals surface area contributed by atoms with Crippen LogP contribution in [0.25, 0.3) is 0 Å². The van der Waals surface area contributed by atoms with Crippen molar-refractivity contribution < 1.29 is 14.8 Å². The summed E-state index contributed by atoms with van der Waals surface area (Å²) >= 11 is 0. The Bertz CT molecular complexity index is 376. The Morgan fingerprint density at radius 2 is 1.75 bits per heavy atom. The lowest BCUT2D eigenvalue weighted by Crippen LogP contribution is -3.29. The molecule has 0 bridgehead atoms. The summed E-state index contributed by atoms with van der Waals surface area (Å²) in [5.41, 5.74) is 1.44. The highest BCUT2D eigenvalue weighted by molar-refractivity contribution is 5.02. The molecule has 3 nitrogen and oxygen atoms in total. The fraction of sp³-hybridized carbons (Fsp3) is 0.706. The molecule has 2 aliphatic rings. The van der Waals surface area contributed by atoms with E-state index in [0.29, 0.717) is 0 Å². The lowest BCUT2D eigenvalue weighted by atomic mass is 10.1. The first-order valence-corrected chi connectivity index (χ1v) is 8.55. The summed E-state index contributed by atoms with van der Waals surface area (Å²) in [7, 11) is 0. The molecule has 1 saturated carbocycles. The Labute approximate surface area is 123 Å². The van der Waals surface area contributed by atoms with E-state index in [1.807, 2.05) is 11.1 Å². The number of aromatic nitrogens is 1. The molecule has 3 N–H and O–H groups in total. The predicted octanol–water partition coefficient (Wildman–Crippen LogP) is -0.493. The van der Waals surface area contributed by atoms with Crippen LogP contribution in [0, 0.1) is 0 Å². The van der Waals surface area contributed by atoms with Crippen molar-refractivity contribution in [1.29, 1.82) is 0 Å². The largest absolute Gasteiger partial charge is 0.323 e. The molecule has 2 fully saturated rings. The molecule has 0 atom stereocenters. The maximum atomic E-state index is 3.20. The summed E-state index contributed by atoms with van der Waals surface area (Å²) < 4.78 is 0. The maximum Gasteiger partial charge on any atom is 0.175 e. The van der Waals surface area contributed by atoms with Crippen molar-refractivity contribution in [3.05, 3.63) is 30.1 Å². The van der Waals surface area contributed by atoms with Crippen LogP contribution in [-0.2, 0) is 6.54 Å². The predicted molar refractivity (Wildman–Crippen MR) is 79.6 cm³/mol. The second kappa shape index (κ2) is 7.19. The highest BCUT2D eigenvalue weighted by atomic mass is 15.3. The SMILES string of the molecule is c1c[nH+]cc(C[NH+]2CC[NH+](C3CCCCCC3)CC2)c1. The summed E-state index contributed by atoms with van der Waals surface area (Å²) in [4.78, 5) is 6.88. The molecule has 0 aromatic carbocycles. The van der Waals surface area contributed by atoms with Gasteiger partial charge in [-0.2, -0.15) is 0 Å². The van der Waals surface area contributed by atoms with Gasteiger partial charge in [-0.3, -0.25) is 0 Å². The van der Waals surface area contributed by atoms with Crippen LogP contribution in [0.3, 0.4) is 0 Å². The number of quaternary nitrogens is 2. The molecule has 1 aromatic heterocycles. The van der Waals surface area contributed by atoms with Crippen molar-refractivity contribution in [3.8, 4) is 0 Å². The summed E-state index contributed by atoms with van der Waals surface area (Å²) in [6.45, 7) is 6.66. The fourth-order valence-electron chi connectivity index (χ4n) is 4.03. The van der Waals surface area contributed by atoms with Crippen molar-refractivity contribution in [1.82, 2.24) is 0 Å². The van der Waals surface area contributed by atoms with E-state index in [-0.39, 0.29) is 0 Å². The topological polar surface area (TPSA) is 23.0 Å². The lowest BCUT2D eigenvalue weighted by molar-refractivity contribution is -1.03. The third kappa shape index (κ3) is 3.80. The van der Waals surface area contributed by atoms with Crippen LogP contribution in [0.4, 0.5) is 0 Å². The molecule has 0 amide bonds. The summed E-state index contributed by atoms with van der Waals surface area (Å²) in [5, 5.41) is 0. The molecular weight excluding hydrogens is 246 g/mol. The highest BCUT2D eigenvalue weighted by Gasteiger charge is 2.29. The summed E-state index contributed by atoms with van der Waals surface area (Å²) in [6.07, 6.45) is 13.0. The van der Waals surface area contributed by atoms with Crippen LogP contribution in [0.1, 0.15) is 44.1 Å². The second-order valence-electron chi connectivity index (χ2n) is 6.69. The Morgan fingerprint density at radius 3 is 2.40 bits per heavy atom. The minimum atomic E-state index is 0.976. The van der Waals surface area contributed by atoms with Gasteiger partial charge >= 0.3 is 0 Å². The van der Waals surface area contributed by atoms with E-state index in [1.54, 1.807) is 4.90 Å². The van der Waals surface area contributed by atoms with Gasteiger partial charge in [-0.25, -0.2) is 4.98 Å². The molecule has 2 heterocycles. The normalized spacial score (nSPS) is 29.0. The minimum Gasteiger partial charge on any atom is -0.323 e. The van der Waals surface area contributed by atoms with Gasteiger partial charge in [-0.1, -0.05) is 12.8 Å². The highest BCUT2D eigenvalue weighted by Crippen LogP contribution is 2.15. The van der Waals surface area contributed by atoms with Crippen molar-refractivity contribution in [3.63, 3.8) is 0 Å². The number of rotatable bonds is 3. The zero-order valence-electron chi connectivity index (χ0n) is 12.7. The summed E-state index contributed by atoms with van der Waals surface area (Å²) in [6, 6.07) is 5.33. The maximum absolute atomic E-state index is 3.20. The molecule has 0 unspecified atom stereocenters. The smallest absolute Gasteiger partial charge is 0.175 e. The first-order valence-electron chi connectivity index (χ1n) is 8.55. The fourth-order valence-corrected chi connectivity index (χ4v) is 4.03. The van der Waals surface area contributed by atoms with Gasteiger partial charge < -0.3 is 9.80 Å². The van der Waals surface area contributed by atoms with E-state index >= 15 is 0 Å². The standard InChI is InChI=1S/C17H27N3/c1-2-4-8-17(7-3-1)20-12-10-19(11-13-20)15-16-6-5-9-18-14-16/h5-6,9,14,17H,1-4,7-8,10-13,15H2/p+3. The number of H-pyrrole nitrogens is 1. The summed E-state index contributed by atoms with van der Waals surface area (Å²) in [5.74, 6) is 0. The molecule has 1 aliphatic heterocycles. The number of nitrogens with one attached hydrogen (secondary N) is 3. The Kier molecular flexibility index (Phi) is 5.04. The van der Waals surface area contributed by atoms with Gasteiger partial charge in [0, 0.05) is 6.07 Å². The molecule has 1 saturated heterocycles. The van der Waals surface area contributed by atoms with Crippen molar-refractivity contribution in [2.75, 3.05) is 26.2 Å². The van der Waals surface area contributed by atoms with Gasteiger partial charge in [0.2, 0.25) is 0 Å². The van der Waals surface area contributed by atoms with Gasteiger partial charge in [0.1, 0.15) is 32.7 Å². The molecule has 0 spiro atoms. The van der Waals surface area contributed by atoms with Gasteiger partial charge in [-0.05, 0) is 31.7 Å². The van der Waals surface area contributed by atoms with Crippen LogP contribution in [0.2, 0.25) is 0 Å². The van der Waals surface area contributed by atoms with Gasteiger partial charge in [-0.15, -0.1) is 0 Å². The van der Waals surface area contributed by atoms with Crippen molar-refractivity contribution in [2.45, 2.75) is 51.1 Å². The number of aromatic amines is 1. The van der Waals surface area contributed by atoms with E-state index in [2.05, 4.69) is 23.3 Å². The van der Waals surface area contributed by atoms with E-state index in [1.165, 1.54) is 76.8 Å². The third-order valence-corrected chi connectivity index (χ3v) is 5.26. The number of pyridine rings is 1. The number of hydrogen-bond donors (Lipinski definition) is 2. The van der Waals surface area contributed by atoms with Crippen LogP contribution in [0.5, 0.6) is 0 Å². The minimum absolute atomic E-state index is 0.976. The Hall–Kier alpha value is -0.930. The molecule has 3 heteroatoms. The molecule has 1 aliphatic carbocycles. The Balaban J connectivity index is 1.46. The first kappa shape index (κ1) is 14.0. The van der Waals surface area contributed by atoms with Gasteiger partial charge in [0.25, 0.3) is 0 Å². The second-order valence-corrected chi connectivity index (χ2v) is 6.69. The quantitative estimate of drug-likeness (QED) is 0.696. The van der Waals surface area contributed by atoms with Crippen LogP contribution >= 0.6 is 0 Å². The average molecular weight is 276 g/mol.